The SMILES string of the molecule is COc1ccc(CCN2C(=O)C3CCCNC3N(Cc3ccc(Cl)cc3)C2=O)cc1OC. The van der Waals surface area contributed by atoms with Crippen molar-refractivity contribution in [2.45, 2.75) is 32.0 Å². The van der Waals surface area contributed by atoms with E-state index in [1.54, 1.807) is 19.1 Å². The van der Waals surface area contributed by atoms with Crippen molar-refractivity contribution in [3.8, 4) is 11.5 Å². The molecule has 2 aliphatic rings. The molecule has 0 saturated carbocycles. The van der Waals surface area contributed by atoms with Gasteiger partial charge in [0.1, 0.15) is 0 Å². The summed E-state index contributed by atoms with van der Waals surface area (Å²) < 4.78 is 10.7. The average Bonchev–Trinajstić information content (AvgIpc) is 2.82. The molecule has 3 amide bonds. The molecular formula is C24H28ClN3O4. The van der Waals surface area contributed by atoms with Gasteiger partial charge < -0.3 is 14.4 Å². The molecule has 2 heterocycles. The number of fused-ring (bicyclic) bond motifs is 1. The molecule has 2 unspecified atom stereocenters. The Morgan fingerprint density at radius 2 is 1.75 bits per heavy atom. The first-order valence-corrected chi connectivity index (χ1v) is 11.2. The van der Waals surface area contributed by atoms with Gasteiger partial charge in [0.05, 0.1) is 26.3 Å². The Morgan fingerprint density at radius 1 is 1.03 bits per heavy atom. The lowest BCUT2D eigenvalue weighted by atomic mass is 9.91. The third kappa shape index (κ3) is 4.54. The Labute approximate surface area is 193 Å². The van der Waals surface area contributed by atoms with E-state index in [-0.39, 0.29) is 24.0 Å². The van der Waals surface area contributed by atoms with Gasteiger partial charge >= 0.3 is 6.03 Å². The molecule has 0 radical (unpaired) electrons. The maximum absolute atomic E-state index is 13.4. The molecule has 2 aromatic rings. The van der Waals surface area contributed by atoms with Crippen LogP contribution in [0, 0.1) is 5.92 Å². The van der Waals surface area contributed by atoms with Gasteiger partial charge in [0.2, 0.25) is 5.91 Å². The van der Waals surface area contributed by atoms with Gasteiger partial charge in [-0.15, -0.1) is 0 Å². The maximum Gasteiger partial charge on any atom is 0.328 e. The van der Waals surface area contributed by atoms with Crippen molar-refractivity contribution >= 4 is 23.5 Å². The normalized spacial score (nSPS) is 20.8. The number of imide groups is 1. The molecule has 2 aromatic carbocycles. The molecule has 0 bridgehead atoms. The first-order chi connectivity index (χ1) is 15.5. The van der Waals surface area contributed by atoms with Crippen LogP contribution in [0.15, 0.2) is 42.5 Å². The first kappa shape index (κ1) is 22.4. The van der Waals surface area contributed by atoms with Crippen molar-refractivity contribution in [2.75, 3.05) is 27.3 Å². The van der Waals surface area contributed by atoms with Crippen LogP contribution in [-0.4, -0.2) is 55.2 Å². The standard InChI is InChI=1S/C24H28ClN3O4/c1-31-20-10-7-16(14-21(20)32-2)11-13-27-23(29)19-4-3-12-26-22(19)28(24(27)30)15-17-5-8-18(25)9-6-17/h5-10,14,19,22,26H,3-4,11-13,15H2,1-2H3. The number of nitrogens with zero attached hydrogens (tertiary/aromatic N) is 2. The molecule has 7 nitrogen and oxygen atoms in total. The molecule has 0 aromatic heterocycles. The topological polar surface area (TPSA) is 71.1 Å². The lowest BCUT2D eigenvalue weighted by Gasteiger charge is -2.47. The van der Waals surface area contributed by atoms with E-state index in [0.29, 0.717) is 36.0 Å². The molecule has 8 heteroatoms. The maximum atomic E-state index is 13.4. The fourth-order valence-corrected chi connectivity index (χ4v) is 4.59. The summed E-state index contributed by atoms with van der Waals surface area (Å²) in [6.45, 7) is 1.53. The van der Waals surface area contributed by atoms with Crippen LogP contribution >= 0.6 is 11.6 Å². The van der Waals surface area contributed by atoms with Crippen molar-refractivity contribution in [1.82, 2.24) is 15.1 Å². The molecular weight excluding hydrogens is 430 g/mol. The highest BCUT2D eigenvalue weighted by molar-refractivity contribution is 6.30. The summed E-state index contributed by atoms with van der Waals surface area (Å²) in [5.74, 6) is 0.938. The van der Waals surface area contributed by atoms with Gasteiger partial charge in [0.15, 0.2) is 11.5 Å². The summed E-state index contributed by atoms with van der Waals surface area (Å²) in [5.41, 5.74) is 1.94. The highest BCUT2D eigenvalue weighted by Crippen LogP contribution is 2.31. The molecule has 2 fully saturated rings. The minimum absolute atomic E-state index is 0.0972. The van der Waals surface area contributed by atoms with Crippen LogP contribution in [0.2, 0.25) is 5.02 Å². The second-order valence-corrected chi connectivity index (χ2v) is 8.55. The fraction of sp³-hybridized carbons (Fsp3) is 0.417. The van der Waals surface area contributed by atoms with Gasteiger partial charge in [-0.2, -0.15) is 0 Å². The molecule has 2 atom stereocenters. The van der Waals surface area contributed by atoms with Crippen LogP contribution in [0.3, 0.4) is 0 Å². The number of urea groups is 1. The number of methoxy groups -OCH3 is 2. The van der Waals surface area contributed by atoms with E-state index in [9.17, 15) is 9.59 Å². The second kappa shape index (κ2) is 9.79. The van der Waals surface area contributed by atoms with Crippen LogP contribution in [0.5, 0.6) is 11.5 Å². The Kier molecular flexibility index (Phi) is 6.86. The Bertz CT molecular complexity index is 982. The molecule has 0 aliphatic carbocycles. The Balaban J connectivity index is 1.54. The number of nitrogens with one attached hydrogen (secondary N) is 1. The molecule has 170 valence electrons. The van der Waals surface area contributed by atoms with Gasteiger partial charge in [0.25, 0.3) is 0 Å². The Hall–Kier alpha value is -2.77. The summed E-state index contributed by atoms with van der Waals surface area (Å²) in [7, 11) is 3.18. The van der Waals surface area contributed by atoms with Crippen molar-refractivity contribution < 1.29 is 19.1 Å². The molecule has 2 saturated heterocycles. The van der Waals surface area contributed by atoms with Crippen LogP contribution in [0.25, 0.3) is 0 Å². The van der Waals surface area contributed by atoms with E-state index in [1.807, 2.05) is 42.5 Å². The second-order valence-electron chi connectivity index (χ2n) is 8.11. The number of ether oxygens (including phenoxy) is 2. The van der Waals surface area contributed by atoms with Crippen LogP contribution < -0.4 is 14.8 Å². The quantitative estimate of drug-likeness (QED) is 0.686. The minimum Gasteiger partial charge on any atom is -0.493 e. The number of rotatable bonds is 7. The van der Waals surface area contributed by atoms with Gasteiger partial charge in [-0.3, -0.25) is 15.0 Å². The molecule has 32 heavy (non-hydrogen) atoms. The predicted molar refractivity (Wildman–Crippen MR) is 122 cm³/mol. The van der Waals surface area contributed by atoms with Crippen molar-refractivity contribution in [2.24, 2.45) is 5.92 Å². The number of piperidine rings is 1. The van der Waals surface area contributed by atoms with Gasteiger partial charge in [-0.1, -0.05) is 29.8 Å². The molecule has 0 spiro atoms. The van der Waals surface area contributed by atoms with Gasteiger partial charge in [-0.05, 0) is 61.2 Å². The van der Waals surface area contributed by atoms with Gasteiger partial charge in [-0.25, -0.2) is 4.79 Å². The van der Waals surface area contributed by atoms with Crippen molar-refractivity contribution in [3.05, 3.63) is 58.6 Å². The third-order valence-corrected chi connectivity index (χ3v) is 6.41. The zero-order chi connectivity index (χ0) is 22.7. The number of benzene rings is 2. The summed E-state index contributed by atoms with van der Waals surface area (Å²) in [6, 6.07) is 12.8. The minimum atomic E-state index is -0.281. The number of hydrogen-bond acceptors (Lipinski definition) is 5. The summed E-state index contributed by atoms with van der Waals surface area (Å²) >= 11 is 6.01. The largest absolute Gasteiger partial charge is 0.493 e. The van der Waals surface area contributed by atoms with Crippen LogP contribution in [0.4, 0.5) is 4.79 Å². The van der Waals surface area contributed by atoms with Gasteiger partial charge in [0, 0.05) is 18.1 Å². The zero-order valence-electron chi connectivity index (χ0n) is 18.3. The van der Waals surface area contributed by atoms with E-state index in [2.05, 4.69) is 5.32 Å². The number of carbonyl (C=O) groups is 2. The lowest BCUT2D eigenvalue weighted by molar-refractivity contribution is -0.141. The molecule has 2 aliphatic heterocycles. The molecule has 4 rings (SSSR count). The fourth-order valence-electron chi connectivity index (χ4n) is 4.46. The van der Waals surface area contributed by atoms with E-state index in [1.165, 1.54) is 4.90 Å². The Morgan fingerprint density at radius 3 is 2.47 bits per heavy atom. The summed E-state index contributed by atoms with van der Waals surface area (Å²) in [5, 5.41) is 4.04. The van der Waals surface area contributed by atoms with E-state index in [4.69, 9.17) is 21.1 Å². The van der Waals surface area contributed by atoms with Crippen molar-refractivity contribution in [3.63, 3.8) is 0 Å². The van der Waals surface area contributed by atoms with E-state index in [0.717, 1.165) is 30.5 Å². The van der Waals surface area contributed by atoms with Crippen LogP contribution in [-0.2, 0) is 17.8 Å². The van der Waals surface area contributed by atoms with Crippen LogP contribution in [0.1, 0.15) is 24.0 Å². The van der Waals surface area contributed by atoms with E-state index >= 15 is 0 Å². The first-order valence-electron chi connectivity index (χ1n) is 10.8. The van der Waals surface area contributed by atoms with Crippen molar-refractivity contribution in [1.29, 1.82) is 0 Å². The monoisotopic (exact) mass is 457 g/mol. The zero-order valence-corrected chi connectivity index (χ0v) is 19.1. The third-order valence-electron chi connectivity index (χ3n) is 6.16. The smallest absolute Gasteiger partial charge is 0.328 e. The average molecular weight is 458 g/mol. The highest BCUT2D eigenvalue weighted by atomic mass is 35.5. The number of carbonyl (C=O) groups excluding carboxylic acids is 2. The lowest BCUT2D eigenvalue weighted by Crippen LogP contribution is -2.67. The summed E-state index contributed by atoms with van der Waals surface area (Å²) in [4.78, 5) is 29.8. The number of amides is 3. The molecule has 1 N–H and O–H groups in total. The number of halogens is 1. The predicted octanol–water partition coefficient (Wildman–Crippen LogP) is 3.69. The number of hydrogen-bond donors (Lipinski definition) is 1. The van der Waals surface area contributed by atoms with E-state index < -0.39 is 0 Å². The highest BCUT2D eigenvalue weighted by Gasteiger charge is 2.46. The summed E-state index contributed by atoms with van der Waals surface area (Å²) in [6.07, 6.45) is 1.95.